The number of benzene rings is 1. The average Bonchev–Trinajstić information content (AvgIpc) is 3.17. The molecule has 1 atom stereocenters. The molecule has 0 saturated carbocycles. The van der Waals surface area contributed by atoms with Gasteiger partial charge in [0, 0.05) is 30.9 Å². The molecule has 3 rings (SSSR count). The van der Waals surface area contributed by atoms with Crippen LogP contribution in [-0.2, 0) is 20.9 Å². The monoisotopic (exact) mass is 380 g/mol. The molecule has 0 aliphatic carbocycles. The van der Waals surface area contributed by atoms with Gasteiger partial charge in [-0.3, -0.25) is 9.69 Å². The van der Waals surface area contributed by atoms with Gasteiger partial charge in [0.25, 0.3) is 0 Å². The first-order chi connectivity index (χ1) is 12.7. The Labute approximate surface area is 159 Å². The number of carbonyl (C=O) groups is 1. The van der Waals surface area contributed by atoms with E-state index in [1.807, 2.05) is 36.0 Å². The van der Waals surface area contributed by atoms with Crippen molar-refractivity contribution >= 4 is 17.7 Å². The van der Waals surface area contributed by atoms with Crippen molar-refractivity contribution in [1.82, 2.24) is 10.2 Å². The van der Waals surface area contributed by atoms with Crippen LogP contribution in [0.2, 0.25) is 0 Å². The number of nitrogens with one attached hydrogen (secondary N) is 1. The second-order valence-corrected chi connectivity index (χ2v) is 7.85. The zero-order valence-electron chi connectivity index (χ0n) is 15.4. The van der Waals surface area contributed by atoms with Gasteiger partial charge in [-0.2, -0.15) is 11.8 Å². The molecule has 0 aromatic heterocycles. The molecular weight excluding hydrogens is 352 g/mol. The fourth-order valence-electron chi connectivity index (χ4n) is 3.47. The van der Waals surface area contributed by atoms with Crippen molar-refractivity contribution in [2.45, 2.75) is 18.6 Å². The molecule has 1 aromatic rings. The lowest BCUT2D eigenvalue weighted by Gasteiger charge is -2.43. The molecule has 2 fully saturated rings. The molecule has 2 aliphatic rings. The Bertz CT molecular complexity index is 587. The molecule has 0 spiro atoms. The predicted octanol–water partition coefficient (Wildman–Crippen LogP) is 1.54. The van der Waals surface area contributed by atoms with Crippen LogP contribution >= 0.6 is 11.8 Å². The van der Waals surface area contributed by atoms with E-state index >= 15 is 0 Å². The summed E-state index contributed by atoms with van der Waals surface area (Å²) in [6.07, 6.45) is 1.11. The van der Waals surface area contributed by atoms with Crippen LogP contribution in [0.5, 0.6) is 5.75 Å². The molecular formula is C19H28N2O4S. The number of thioether (sulfide) groups is 1. The van der Waals surface area contributed by atoms with Crippen LogP contribution in [0.15, 0.2) is 24.3 Å². The zero-order valence-corrected chi connectivity index (χ0v) is 16.2. The van der Waals surface area contributed by atoms with Crippen LogP contribution in [0.1, 0.15) is 12.0 Å². The Morgan fingerprint density at radius 2 is 2.23 bits per heavy atom. The molecule has 6 nitrogen and oxygen atoms in total. The van der Waals surface area contributed by atoms with Gasteiger partial charge in [0.1, 0.15) is 12.4 Å². The number of methoxy groups -OCH3 is 1. The standard InChI is InChI=1S/C19H28N2O4S/c1-23-17-4-2-3-16(11-17)12-25-13-18(22)20-14-19(5-10-26-15-19)21-6-8-24-9-7-21/h2-4,11H,5-10,12-15H2,1H3,(H,20,22)/t19-/m1/s1. The molecule has 7 heteroatoms. The highest BCUT2D eigenvalue weighted by Crippen LogP contribution is 2.33. The summed E-state index contributed by atoms with van der Waals surface area (Å²) >= 11 is 1.97. The minimum absolute atomic E-state index is 0.0579. The van der Waals surface area contributed by atoms with Gasteiger partial charge in [0.15, 0.2) is 0 Å². The van der Waals surface area contributed by atoms with Crippen molar-refractivity contribution < 1.29 is 19.0 Å². The smallest absolute Gasteiger partial charge is 0.246 e. The van der Waals surface area contributed by atoms with Crippen molar-refractivity contribution in [3.63, 3.8) is 0 Å². The van der Waals surface area contributed by atoms with E-state index in [0.29, 0.717) is 13.2 Å². The quantitative estimate of drug-likeness (QED) is 0.738. The van der Waals surface area contributed by atoms with Crippen molar-refractivity contribution in [2.75, 3.05) is 58.1 Å². The highest BCUT2D eigenvalue weighted by molar-refractivity contribution is 7.99. The van der Waals surface area contributed by atoms with E-state index in [4.69, 9.17) is 14.2 Å². The summed E-state index contributed by atoms with van der Waals surface area (Å²) in [6, 6.07) is 7.69. The molecule has 2 saturated heterocycles. The van der Waals surface area contributed by atoms with E-state index in [1.54, 1.807) is 7.11 Å². The maximum atomic E-state index is 12.2. The van der Waals surface area contributed by atoms with Gasteiger partial charge in [0.2, 0.25) is 5.91 Å². The van der Waals surface area contributed by atoms with Crippen LogP contribution in [0, 0.1) is 0 Å². The lowest BCUT2D eigenvalue weighted by atomic mass is 9.95. The summed E-state index contributed by atoms with van der Waals surface area (Å²) in [5.74, 6) is 2.96. The first-order valence-corrected chi connectivity index (χ1v) is 10.3. The fraction of sp³-hybridized carbons (Fsp3) is 0.632. The highest BCUT2D eigenvalue weighted by atomic mass is 32.2. The second-order valence-electron chi connectivity index (χ2n) is 6.75. The molecule has 26 heavy (non-hydrogen) atoms. The zero-order chi connectivity index (χ0) is 18.2. The molecule has 0 radical (unpaired) electrons. The van der Waals surface area contributed by atoms with Crippen LogP contribution in [-0.4, -0.2) is 74.4 Å². The van der Waals surface area contributed by atoms with Crippen LogP contribution in [0.25, 0.3) is 0 Å². The third-order valence-electron chi connectivity index (χ3n) is 5.02. The van der Waals surface area contributed by atoms with E-state index in [2.05, 4.69) is 10.2 Å². The van der Waals surface area contributed by atoms with Crippen molar-refractivity contribution in [3.05, 3.63) is 29.8 Å². The van der Waals surface area contributed by atoms with E-state index < -0.39 is 0 Å². The summed E-state index contributed by atoms with van der Waals surface area (Å²) in [4.78, 5) is 14.7. The van der Waals surface area contributed by atoms with Crippen molar-refractivity contribution in [1.29, 1.82) is 0 Å². The summed E-state index contributed by atoms with van der Waals surface area (Å²) < 4.78 is 16.2. The lowest BCUT2D eigenvalue weighted by molar-refractivity contribution is -0.126. The Morgan fingerprint density at radius 3 is 2.96 bits per heavy atom. The maximum absolute atomic E-state index is 12.2. The van der Waals surface area contributed by atoms with Gasteiger partial charge in [-0.05, 0) is 29.9 Å². The SMILES string of the molecule is COc1cccc(COCC(=O)NC[C@]2(N3CCOCC3)CCSC2)c1. The van der Waals surface area contributed by atoms with Gasteiger partial charge in [-0.25, -0.2) is 0 Å². The molecule has 0 bridgehead atoms. The molecule has 2 aliphatic heterocycles. The Morgan fingerprint density at radius 1 is 1.38 bits per heavy atom. The van der Waals surface area contributed by atoms with Gasteiger partial charge in [0.05, 0.1) is 26.9 Å². The Hall–Kier alpha value is -1.28. The minimum Gasteiger partial charge on any atom is -0.497 e. The third-order valence-corrected chi connectivity index (χ3v) is 6.25. The summed E-state index contributed by atoms with van der Waals surface area (Å²) in [5, 5.41) is 3.09. The number of morpholine rings is 1. The Kier molecular flexibility index (Phi) is 7.19. The van der Waals surface area contributed by atoms with Gasteiger partial charge in [-0.15, -0.1) is 0 Å². The number of rotatable bonds is 8. The van der Waals surface area contributed by atoms with Gasteiger partial charge >= 0.3 is 0 Å². The second kappa shape index (κ2) is 9.60. The summed E-state index contributed by atoms with van der Waals surface area (Å²) in [6.45, 7) is 4.61. The van der Waals surface area contributed by atoms with Gasteiger partial charge < -0.3 is 19.5 Å². The first kappa shape index (κ1) is 19.5. The summed E-state index contributed by atoms with van der Waals surface area (Å²) in [7, 11) is 1.64. The largest absolute Gasteiger partial charge is 0.497 e. The molecule has 1 amide bonds. The van der Waals surface area contributed by atoms with E-state index in [1.165, 1.54) is 0 Å². The van der Waals surface area contributed by atoms with Crippen molar-refractivity contribution in [2.24, 2.45) is 0 Å². The van der Waals surface area contributed by atoms with E-state index in [9.17, 15) is 4.79 Å². The van der Waals surface area contributed by atoms with Gasteiger partial charge in [-0.1, -0.05) is 12.1 Å². The maximum Gasteiger partial charge on any atom is 0.246 e. The number of hydrogen-bond acceptors (Lipinski definition) is 6. The van der Waals surface area contributed by atoms with Crippen molar-refractivity contribution in [3.8, 4) is 5.75 Å². The molecule has 1 N–H and O–H groups in total. The normalized spacial score (nSPS) is 23.7. The van der Waals surface area contributed by atoms with E-state index in [-0.39, 0.29) is 18.1 Å². The van der Waals surface area contributed by atoms with E-state index in [0.717, 1.165) is 55.5 Å². The van der Waals surface area contributed by atoms with Crippen LogP contribution in [0.3, 0.4) is 0 Å². The number of amides is 1. The van der Waals surface area contributed by atoms with Crippen LogP contribution in [0.4, 0.5) is 0 Å². The first-order valence-electron chi connectivity index (χ1n) is 9.10. The average molecular weight is 381 g/mol. The minimum atomic E-state index is -0.0579. The molecule has 2 heterocycles. The fourth-order valence-corrected chi connectivity index (χ4v) is 4.95. The number of hydrogen-bond donors (Lipinski definition) is 1. The number of ether oxygens (including phenoxy) is 3. The lowest BCUT2D eigenvalue weighted by Crippen LogP contribution is -2.59. The third kappa shape index (κ3) is 5.13. The molecule has 1 aromatic carbocycles. The molecule has 0 unspecified atom stereocenters. The topological polar surface area (TPSA) is 60.0 Å². The summed E-state index contributed by atoms with van der Waals surface area (Å²) in [5.41, 5.74) is 1.06. The van der Waals surface area contributed by atoms with Crippen LogP contribution < -0.4 is 10.1 Å². The number of nitrogens with zero attached hydrogens (tertiary/aromatic N) is 1. The number of carbonyl (C=O) groups excluding carboxylic acids is 1. The predicted molar refractivity (Wildman–Crippen MR) is 103 cm³/mol. The Balaban J connectivity index is 1.43. The highest BCUT2D eigenvalue weighted by Gasteiger charge is 2.40. The molecule has 144 valence electrons.